The molecular formula is C67H43F5N8. The third-order valence-electron chi connectivity index (χ3n) is 15.1. The zero-order valence-corrected chi connectivity index (χ0v) is 42.4. The van der Waals surface area contributed by atoms with E-state index in [0.717, 1.165) is 51.6 Å². The van der Waals surface area contributed by atoms with Crippen LogP contribution in [-0.2, 0) is 12.6 Å². The van der Waals surface area contributed by atoms with Crippen LogP contribution < -0.4 is 4.90 Å². The summed E-state index contributed by atoms with van der Waals surface area (Å²) in [7, 11) is 0. The molecular weight excluding hydrogens is 1010 g/mol. The zero-order chi connectivity index (χ0) is 54.1. The Hall–Kier alpha value is -10.0. The average Bonchev–Trinajstić information content (AvgIpc) is 4.20. The molecule has 0 radical (unpaired) electrons. The highest BCUT2D eigenvalue weighted by Gasteiger charge is 2.46. The molecule has 1 aliphatic heterocycles. The number of rotatable bonds is 9. The number of hydrogen-bond donors (Lipinski definition) is 0. The lowest BCUT2D eigenvalue weighted by Gasteiger charge is -2.33. The van der Waals surface area contributed by atoms with E-state index in [9.17, 15) is 0 Å². The van der Waals surface area contributed by atoms with Crippen LogP contribution in [0.5, 0.6) is 0 Å². The van der Waals surface area contributed by atoms with Crippen molar-refractivity contribution in [3.8, 4) is 62.4 Å². The van der Waals surface area contributed by atoms with E-state index in [2.05, 4.69) is 0 Å². The van der Waals surface area contributed by atoms with Crippen molar-refractivity contribution in [1.29, 1.82) is 0 Å². The Bertz CT molecular complexity index is 4190. The third-order valence-corrected chi connectivity index (χ3v) is 15.1. The van der Waals surface area contributed by atoms with Gasteiger partial charge in [-0.25, -0.2) is 38.7 Å². The molecule has 3 aliphatic rings. The first-order valence-corrected chi connectivity index (χ1v) is 26.2. The molecule has 0 bridgehead atoms. The second-order valence-corrected chi connectivity index (χ2v) is 19.9. The highest BCUT2D eigenvalue weighted by molar-refractivity contribution is 6.00. The maximum Gasteiger partial charge on any atom is 0.420 e. The molecule has 8 nitrogen and oxygen atoms in total. The molecule has 386 valence electrons. The largest absolute Gasteiger partial charge is 0.420 e. The van der Waals surface area contributed by atoms with Gasteiger partial charge in [0.15, 0.2) is 34.9 Å². The summed E-state index contributed by atoms with van der Waals surface area (Å²) >= 11 is 0. The summed E-state index contributed by atoms with van der Waals surface area (Å²) in [5, 5.41) is 0.679. The van der Waals surface area contributed by atoms with Crippen LogP contribution in [-0.4, -0.2) is 40.5 Å². The van der Waals surface area contributed by atoms with Crippen LogP contribution in [0.25, 0.3) is 90.5 Å². The average molecular weight is 1060 g/mol. The molecule has 0 fully saturated rings. The molecule has 0 N–H and O–H groups in total. The van der Waals surface area contributed by atoms with Crippen molar-refractivity contribution in [2.75, 3.05) is 4.90 Å². The van der Waals surface area contributed by atoms with Crippen molar-refractivity contribution in [1.82, 2.24) is 34.5 Å². The number of para-hydroxylation sites is 2. The van der Waals surface area contributed by atoms with Crippen LogP contribution in [0, 0.1) is 11.6 Å². The zero-order valence-electron chi connectivity index (χ0n) is 42.4. The van der Waals surface area contributed by atoms with Gasteiger partial charge >= 0.3 is 6.18 Å². The predicted molar refractivity (Wildman–Crippen MR) is 303 cm³/mol. The highest BCUT2D eigenvalue weighted by atomic mass is 19.4. The van der Waals surface area contributed by atoms with Crippen molar-refractivity contribution in [3.05, 3.63) is 264 Å². The molecule has 3 aromatic heterocycles. The van der Waals surface area contributed by atoms with Crippen molar-refractivity contribution >= 4 is 39.5 Å². The smallest absolute Gasteiger partial charge is 0.333 e. The summed E-state index contributed by atoms with van der Waals surface area (Å²) in [6.07, 6.45) is 3.37. The molecule has 0 saturated carbocycles. The molecule has 0 saturated heterocycles. The molecule has 2 unspecified atom stereocenters. The lowest BCUT2D eigenvalue weighted by molar-refractivity contribution is -0.136. The van der Waals surface area contributed by atoms with Crippen molar-refractivity contribution in [2.24, 2.45) is 0 Å². The number of benzene rings is 8. The maximum absolute atomic E-state index is 17.0. The van der Waals surface area contributed by atoms with Crippen LogP contribution in [0.2, 0.25) is 0 Å². The summed E-state index contributed by atoms with van der Waals surface area (Å²) in [5.74, 6) is 0.478. The van der Waals surface area contributed by atoms with Gasteiger partial charge in [0, 0.05) is 67.7 Å². The SMILES string of the molecule is Fc1cc(F)cc(-c2ccc(N3c4ccccc4C4C=C(c5nc(-c6ccccc6)nc(-c6ccccc6)n5)C=CC43)c(C(F)(F)F)c2-n2c3c(c4ccccc42)C=C(c2nc(-c4ccccc4)nc(-c4ccccc4)n2)CC3)c1. The molecule has 0 spiro atoms. The fourth-order valence-electron chi connectivity index (χ4n) is 11.6. The van der Waals surface area contributed by atoms with Gasteiger partial charge in [-0.3, -0.25) is 0 Å². The normalized spacial score (nSPS) is 15.5. The molecule has 80 heavy (non-hydrogen) atoms. The van der Waals surface area contributed by atoms with Crippen LogP contribution in [0.3, 0.4) is 0 Å². The Labute approximate surface area is 456 Å². The topological polar surface area (TPSA) is 85.5 Å². The molecule has 13 heteroatoms. The fraction of sp³-hybridized carbons (Fsp3) is 0.0746. The van der Waals surface area contributed by atoms with E-state index in [-0.39, 0.29) is 28.9 Å². The monoisotopic (exact) mass is 1050 g/mol. The van der Waals surface area contributed by atoms with Gasteiger partial charge in [-0.05, 0) is 65.9 Å². The van der Waals surface area contributed by atoms with Crippen molar-refractivity contribution in [3.63, 3.8) is 0 Å². The first kappa shape index (κ1) is 48.4. The Morgan fingerprint density at radius 2 is 0.988 bits per heavy atom. The minimum Gasteiger partial charge on any atom is -0.333 e. The van der Waals surface area contributed by atoms with Gasteiger partial charge in [-0.15, -0.1) is 0 Å². The Morgan fingerprint density at radius 1 is 0.475 bits per heavy atom. The van der Waals surface area contributed by atoms with Crippen molar-refractivity contribution < 1.29 is 22.0 Å². The molecule has 8 aromatic carbocycles. The summed E-state index contributed by atoms with van der Waals surface area (Å²) < 4.78 is 83.7. The van der Waals surface area contributed by atoms with E-state index < -0.39 is 35.3 Å². The Morgan fingerprint density at radius 3 is 1.56 bits per heavy atom. The fourth-order valence-corrected chi connectivity index (χ4v) is 11.6. The van der Waals surface area contributed by atoms with Crippen LogP contribution in [0.4, 0.5) is 33.3 Å². The number of anilines is 2. The number of fused-ring (bicyclic) bond motifs is 6. The molecule has 11 aromatic rings. The van der Waals surface area contributed by atoms with E-state index in [1.807, 2.05) is 182 Å². The summed E-state index contributed by atoms with van der Waals surface area (Å²) in [6, 6.07) is 58.5. The standard InChI is InChI=1S/C67H43F5N8/c68-47-35-46(36-48(69)39-47)49-31-34-58(79-54-27-15-13-25-50(54)52-37-44(29-32-56(52)79)65-75-61(40-17-5-1-6-18-40)73-62(76-65)41-19-7-2-8-20-41)59(67(70,71)72)60(49)80-55-28-16-14-26-51(55)53-38-45(30-33-57(53)80)66-77-63(42-21-9-3-10-22-42)74-64(78-66)43-23-11-4-12-24-43/h1-29,31-32,34-39,52,56H,30,33H2. The number of hydrogen-bond acceptors (Lipinski definition) is 7. The number of halogens is 5. The second-order valence-electron chi connectivity index (χ2n) is 19.9. The van der Waals surface area contributed by atoms with Crippen molar-refractivity contribution in [2.45, 2.75) is 31.0 Å². The number of allylic oxidation sites excluding steroid dienone is 3. The quantitative estimate of drug-likeness (QED) is 0.133. The first-order valence-electron chi connectivity index (χ1n) is 26.2. The van der Waals surface area contributed by atoms with E-state index in [1.54, 1.807) is 27.7 Å². The summed E-state index contributed by atoms with van der Waals surface area (Å²) in [5.41, 5.74) is 6.39. The number of alkyl halides is 3. The Kier molecular flexibility index (Phi) is 11.8. The lowest BCUT2D eigenvalue weighted by Crippen LogP contribution is -2.31. The van der Waals surface area contributed by atoms with Gasteiger partial charge in [0.2, 0.25) is 0 Å². The Balaban J connectivity index is 0.954. The van der Waals surface area contributed by atoms with E-state index in [0.29, 0.717) is 74.8 Å². The van der Waals surface area contributed by atoms with Gasteiger partial charge in [-0.1, -0.05) is 182 Å². The first-order chi connectivity index (χ1) is 39.1. The molecule has 14 rings (SSSR count). The van der Waals surface area contributed by atoms with Gasteiger partial charge < -0.3 is 9.47 Å². The van der Waals surface area contributed by atoms with Gasteiger partial charge in [-0.2, -0.15) is 13.2 Å². The molecule has 2 atom stereocenters. The minimum atomic E-state index is -5.02. The molecule has 2 aliphatic carbocycles. The number of nitrogens with zero attached hydrogens (tertiary/aromatic N) is 8. The summed E-state index contributed by atoms with van der Waals surface area (Å²) in [4.78, 5) is 31.5. The van der Waals surface area contributed by atoms with Crippen LogP contribution in [0.15, 0.2) is 218 Å². The van der Waals surface area contributed by atoms with E-state index in [4.69, 9.17) is 29.9 Å². The van der Waals surface area contributed by atoms with Crippen LogP contribution in [0.1, 0.15) is 46.4 Å². The summed E-state index contributed by atoms with van der Waals surface area (Å²) in [6.45, 7) is 0. The molecule has 4 heterocycles. The van der Waals surface area contributed by atoms with E-state index >= 15 is 22.0 Å². The van der Waals surface area contributed by atoms with E-state index in [1.165, 1.54) is 6.07 Å². The minimum absolute atomic E-state index is 0.000968. The predicted octanol–water partition coefficient (Wildman–Crippen LogP) is 16.4. The van der Waals surface area contributed by atoms with Gasteiger partial charge in [0.25, 0.3) is 0 Å². The van der Waals surface area contributed by atoms with Gasteiger partial charge in [0.1, 0.15) is 17.2 Å². The third kappa shape index (κ3) is 8.54. The maximum atomic E-state index is 17.0. The number of aromatic nitrogens is 7. The van der Waals surface area contributed by atoms with Gasteiger partial charge in [0.05, 0.1) is 22.9 Å². The molecule has 0 amide bonds. The lowest BCUT2D eigenvalue weighted by atomic mass is 9.88. The highest BCUT2D eigenvalue weighted by Crippen LogP contribution is 2.55. The van der Waals surface area contributed by atoms with Crippen LogP contribution >= 0.6 is 0 Å². The second kappa shape index (κ2) is 19.5.